The molecule has 4 aromatic carbocycles. The van der Waals surface area contributed by atoms with Crippen molar-refractivity contribution in [3.05, 3.63) is 81.8 Å². The van der Waals surface area contributed by atoms with E-state index in [1.54, 1.807) is 42.5 Å². The Balaban J connectivity index is 1.77. The number of aromatic hydroxyl groups is 1. The number of carbonyl (C=O) groups excluding carboxylic acids is 1. The lowest BCUT2D eigenvalue weighted by Gasteiger charge is -2.13. The third-order valence-corrected chi connectivity index (χ3v) is 7.22. The van der Waals surface area contributed by atoms with Crippen LogP contribution in [0.15, 0.2) is 75.8 Å². The summed E-state index contributed by atoms with van der Waals surface area (Å²) in [5.74, 6) is -0.688. The maximum Gasteiger partial charge on any atom is 0.294 e. The standard InChI is InChI=1S/C26H21Cl2N3O6S/c1-3-37-21-10-6-9-19(23(21)28)29-26(33)17-12-15-7-4-5-8-16(15)24(25(17)32)31-30-20-11-14(2)22(13-18(20)27)38(34,35)36/h4-13,32H,3H2,1-2H3,(H,29,33)(H,34,35,36). The molecule has 196 valence electrons. The number of benzene rings is 4. The van der Waals surface area contributed by atoms with Crippen LogP contribution in [0.4, 0.5) is 17.1 Å². The van der Waals surface area contributed by atoms with E-state index in [1.165, 1.54) is 19.1 Å². The fourth-order valence-electron chi connectivity index (χ4n) is 3.76. The number of amides is 1. The average Bonchev–Trinajstić information content (AvgIpc) is 2.86. The zero-order valence-electron chi connectivity index (χ0n) is 20.1. The van der Waals surface area contributed by atoms with Gasteiger partial charge in [0.1, 0.15) is 22.1 Å². The summed E-state index contributed by atoms with van der Waals surface area (Å²) in [6.07, 6.45) is 0. The van der Waals surface area contributed by atoms with Crippen molar-refractivity contribution in [2.24, 2.45) is 10.2 Å². The van der Waals surface area contributed by atoms with Gasteiger partial charge in [-0.1, -0.05) is 53.5 Å². The number of fused-ring (bicyclic) bond motifs is 1. The van der Waals surface area contributed by atoms with E-state index in [9.17, 15) is 22.9 Å². The first kappa shape index (κ1) is 27.3. The fourth-order valence-corrected chi connectivity index (χ4v) is 4.99. The number of anilines is 1. The molecule has 12 heteroatoms. The number of phenolic OH excluding ortho intramolecular Hbond substituents is 1. The van der Waals surface area contributed by atoms with Crippen molar-refractivity contribution in [3.63, 3.8) is 0 Å². The van der Waals surface area contributed by atoms with Crippen molar-refractivity contribution in [2.45, 2.75) is 18.7 Å². The molecular weight excluding hydrogens is 553 g/mol. The Bertz CT molecular complexity index is 1710. The number of nitrogens with one attached hydrogen (secondary N) is 1. The highest BCUT2D eigenvalue weighted by atomic mass is 35.5. The Morgan fingerprint density at radius 1 is 1.05 bits per heavy atom. The minimum Gasteiger partial charge on any atom is -0.505 e. The van der Waals surface area contributed by atoms with Gasteiger partial charge < -0.3 is 15.2 Å². The molecule has 9 nitrogen and oxygen atoms in total. The second-order valence-corrected chi connectivity index (χ2v) is 10.3. The van der Waals surface area contributed by atoms with E-state index in [0.717, 1.165) is 6.07 Å². The number of phenols is 1. The maximum atomic E-state index is 13.2. The Morgan fingerprint density at radius 2 is 1.79 bits per heavy atom. The monoisotopic (exact) mass is 573 g/mol. The summed E-state index contributed by atoms with van der Waals surface area (Å²) < 4.78 is 37.9. The molecule has 0 radical (unpaired) electrons. The molecule has 0 unspecified atom stereocenters. The van der Waals surface area contributed by atoms with Crippen LogP contribution in [0.5, 0.6) is 11.5 Å². The molecule has 0 heterocycles. The molecule has 0 spiro atoms. The van der Waals surface area contributed by atoms with Crippen LogP contribution in [0.3, 0.4) is 0 Å². The molecule has 3 N–H and O–H groups in total. The van der Waals surface area contributed by atoms with Crippen molar-refractivity contribution in [3.8, 4) is 11.5 Å². The van der Waals surface area contributed by atoms with Gasteiger partial charge >= 0.3 is 0 Å². The summed E-state index contributed by atoms with van der Waals surface area (Å²) in [5, 5.41) is 23.2. The highest BCUT2D eigenvalue weighted by Crippen LogP contribution is 2.41. The quantitative estimate of drug-likeness (QED) is 0.155. The molecule has 0 saturated carbocycles. The summed E-state index contributed by atoms with van der Waals surface area (Å²) in [5.41, 5.74) is 0.489. The second-order valence-electron chi connectivity index (χ2n) is 8.09. The molecule has 0 aromatic heterocycles. The first-order valence-corrected chi connectivity index (χ1v) is 13.4. The number of hydrogen-bond donors (Lipinski definition) is 3. The van der Waals surface area contributed by atoms with Crippen molar-refractivity contribution < 1.29 is 27.6 Å². The molecule has 0 fully saturated rings. The van der Waals surface area contributed by atoms with E-state index in [1.807, 2.05) is 6.92 Å². The van der Waals surface area contributed by atoms with Gasteiger partial charge in [0, 0.05) is 5.39 Å². The van der Waals surface area contributed by atoms with E-state index < -0.39 is 21.8 Å². The van der Waals surface area contributed by atoms with Gasteiger partial charge in [0.05, 0.1) is 27.8 Å². The highest BCUT2D eigenvalue weighted by Gasteiger charge is 2.21. The van der Waals surface area contributed by atoms with Gasteiger partial charge in [-0.25, -0.2) is 0 Å². The molecule has 38 heavy (non-hydrogen) atoms. The number of carbonyl (C=O) groups is 1. The van der Waals surface area contributed by atoms with Gasteiger partial charge in [-0.3, -0.25) is 9.35 Å². The van der Waals surface area contributed by atoms with E-state index in [2.05, 4.69) is 15.5 Å². The Labute approximate surface area is 228 Å². The number of azo groups is 1. The molecular formula is C26H21Cl2N3O6S. The lowest BCUT2D eigenvalue weighted by molar-refractivity contribution is 0.102. The summed E-state index contributed by atoms with van der Waals surface area (Å²) in [6.45, 7) is 3.66. The van der Waals surface area contributed by atoms with Crippen LogP contribution in [0.1, 0.15) is 22.8 Å². The first-order valence-electron chi connectivity index (χ1n) is 11.2. The first-order chi connectivity index (χ1) is 18.0. The molecule has 4 rings (SSSR count). The number of hydrogen-bond acceptors (Lipinski definition) is 7. The third-order valence-electron chi connectivity index (χ3n) is 5.53. The minimum absolute atomic E-state index is 0.00464. The van der Waals surface area contributed by atoms with Crippen molar-refractivity contribution in [1.82, 2.24) is 0 Å². The van der Waals surface area contributed by atoms with Gasteiger partial charge in [0.25, 0.3) is 16.0 Å². The number of halogens is 2. The zero-order chi connectivity index (χ0) is 27.6. The van der Waals surface area contributed by atoms with Crippen LogP contribution in [0.25, 0.3) is 10.8 Å². The molecule has 0 aliphatic rings. The van der Waals surface area contributed by atoms with Crippen LogP contribution >= 0.6 is 23.2 Å². The van der Waals surface area contributed by atoms with E-state index in [0.29, 0.717) is 28.8 Å². The summed E-state index contributed by atoms with van der Waals surface area (Å²) in [4.78, 5) is 12.9. The Kier molecular flexibility index (Phi) is 7.89. The Morgan fingerprint density at radius 3 is 2.50 bits per heavy atom. The van der Waals surface area contributed by atoms with Gasteiger partial charge in [-0.2, -0.15) is 8.42 Å². The molecule has 0 saturated heterocycles. The van der Waals surface area contributed by atoms with Gasteiger partial charge in [-0.15, -0.1) is 10.2 Å². The van der Waals surface area contributed by atoms with Crippen molar-refractivity contribution in [1.29, 1.82) is 0 Å². The van der Waals surface area contributed by atoms with E-state index >= 15 is 0 Å². The topological polar surface area (TPSA) is 138 Å². The van der Waals surface area contributed by atoms with Crippen LogP contribution in [0.2, 0.25) is 10.0 Å². The van der Waals surface area contributed by atoms with E-state index in [4.69, 9.17) is 27.9 Å². The lowest BCUT2D eigenvalue weighted by Crippen LogP contribution is -2.13. The van der Waals surface area contributed by atoms with Gasteiger partial charge in [-0.05, 0) is 55.1 Å². The normalized spacial score (nSPS) is 11.7. The summed E-state index contributed by atoms with van der Waals surface area (Å²) in [7, 11) is -4.48. The fraction of sp³-hybridized carbons (Fsp3) is 0.115. The SMILES string of the molecule is CCOc1cccc(NC(=O)c2cc3ccccc3c(N=Nc3cc(C)c(S(=O)(=O)O)cc3Cl)c2O)c1Cl. The second kappa shape index (κ2) is 11.0. The predicted octanol–water partition coefficient (Wildman–Crippen LogP) is 7.47. The minimum atomic E-state index is -4.48. The van der Waals surface area contributed by atoms with Gasteiger partial charge in [0.15, 0.2) is 5.75 Å². The zero-order valence-corrected chi connectivity index (χ0v) is 22.4. The molecule has 4 aromatic rings. The smallest absolute Gasteiger partial charge is 0.294 e. The Hall–Kier alpha value is -3.70. The molecule has 0 atom stereocenters. The molecule has 1 amide bonds. The predicted molar refractivity (Wildman–Crippen MR) is 146 cm³/mol. The largest absolute Gasteiger partial charge is 0.505 e. The molecule has 0 aliphatic heterocycles. The van der Waals surface area contributed by atoms with Gasteiger partial charge in [0.2, 0.25) is 0 Å². The average molecular weight is 574 g/mol. The highest BCUT2D eigenvalue weighted by molar-refractivity contribution is 7.85. The van der Waals surface area contributed by atoms with Crippen LogP contribution in [-0.2, 0) is 10.1 Å². The van der Waals surface area contributed by atoms with Crippen molar-refractivity contribution in [2.75, 3.05) is 11.9 Å². The molecule has 0 aliphatic carbocycles. The summed E-state index contributed by atoms with van der Waals surface area (Å²) in [6, 6.07) is 15.8. The number of rotatable bonds is 7. The third kappa shape index (κ3) is 5.58. The van der Waals surface area contributed by atoms with Crippen LogP contribution in [0, 0.1) is 6.92 Å². The molecule has 0 bridgehead atoms. The lowest BCUT2D eigenvalue weighted by atomic mass is 10.0. The van der Waals surface area contributed by atoms with Crippen LogP contribution in [-0.4, -0.2) is 30.6 Å². The summed E-state index contributed by atoms with van der Waals surface area (Å²) >= 11 is 12.5. The number of aryl methyl sites for hydroxylation is 1. The number of ether oxygens (including phenoxy) is 1. The maximum absolute atomic E-state index is 13.2. The van der Waals surface area contributed by atoms with Crippen molar-refractivity contribution >= 4 is 67.1 Å². The van der Waals surface area contributed by atoms with Crippen LogP contribution < -0.4 is 10.1 Å². The number of nitrogens with zero attached hydrogens (tertiary/aromatic N) is 2. The van der Waals surface area contributed by atoms with E-state index in [-0.39, 0.29) is 37.4 Å².